The van der Waals surface area contributed by atoms with Gasteiger partial charge in [0, 0.05) is 25.4 Å². The van der Waals surface area contributed by atoms with E-state index in [2.05, 4.69) is 24.5 Å². The Morgan fingerprint density at radius 2 is 1.80 bits per heavy atom. The van der Waals surface area contributed by atoms with Crippen LogP contribution in [0.25, 0.3) is 0 Å². The Labute approximate surface area is 238 Å². The molecule has 3 N–H and O–H groups in total. The van der Waals surface area contributed by atoms with Crippen LogP contribution in [0, 0.1) is 17.8 Å². The second kappa shape index (κ2) is 12.9. The van der Waals surface area contributed by atoms with Crippen molar-refractivity contribution in [3.63, 3.8) is 0 Å². The molecule has 222 valence electrons. The maximum Gasteiger partial charge on any atom is 0.245 e. The van der Waals surface area contributed by atoms with E-state index in [0.717, 1.165) is 44.3 Å². The highest BCUT2D eigenvalue weighted by molar-refractivity contribution is 6.02. The molecule has 3 aliphatic rings. The number of rotatable bonds is 15. The number of amides is 3. The number of anilines is 1. The first kappa shape index (κ1) is 30.3. The summed E-state index contributed by atoms with van der Waals surface area (Å²) in [6, 6.07) is 6.43. The number of nitrogens with zero attached hydrogens (tertiary/aromatic N) is 1. The summed E-state index contributed by atoms with van der Waals surface area (Å²) in [5.74, 6) is -1.34. The number of unbranched alkanes of at least 4 members (excludes halogenated alkanes) is 5. The molecule has 0 aromatic heterocycles. The molecule has 1 spiro atoms. The molecule has 0 saturated carbocycles. The summed E-state index contributed by atoms with van der Waals surface area (Å²) in [6.07, 6.45) is 6.66. The van der Waals surface area contributed by atoms with E-state index in [1.807, 2.05) is 13.8 Å². The Morgan fingerprint density at radius 1 is 1.07 bits per heavy atom. The number of hydrogen-bond acceptors (Lipinski definition) is 6. The predicted octanol–water partition coefficient (Wildman–Crippen LogP) is 3.89. The van der Waals surface area contributed by atoms with Crippen molar-refractivity contribution in [3.8, 4) is 5.75 Å². The van der Waals surface area contributed by atoms with Crippen LogP contribution in [-0.4, -0.2) is 71.3 Å². The molecular formula is C31H47N3O6. The van der Waals surface area contributed by atoms with Crippen LogP contribution in [0.15, 0.2) is 24.3 Å². The molecule has 9 heteroatoms. The molecule has 0 aliphatic carbocycles. The molecule has 2 bridgehead atoms. The van der Waals surface area contributed by atoms with Crippen molar-refractivity contribution in [2.24, 2.45) is 17.8 Å². The number of benzene rings is 1. The molecule has 3 amide bonds. The summed E-state index contributed by atoms with van der Waals surface area (Å²) < 4.78 is 12.3. The van der Waals surface area contributed by atoms with Gasteiger partial charge in [0.1, 0.15) is 17.4 Å². The molecule has 3 aliphatic heterocycles. The summed E-state index contributed by atoms with van der Waals surface area (Å²) in [6.45, 7) is 9.69. The zero-order valence-electron chi connectivity index (χ0n) is 24.5. The zero-order chi connectivity index (χ0) is 28.9. The van der Waals surface area contributed by atoms with E-state index in [9.17, 15) is 14.4 Å². The number of likely N-dealkylation sites (tertiary alicyclic amines) is 1. The smallest absolute Gasteiger partial charge is 0.245 e. The average molecular weight is 558 g/mol. The van der Waals surface area contributed by atoms with Gasteiger partial charge in [-0.2, -0.15) is 0 Å². The standard InChI is InChI=1S/C31H47N3O6/c1-5-7-10-17-32-28(37)26-31-20-21(3)30(4,40-31)24(25(31)29(38)34(26)18-11-8-9-12-19-35)27(36)33-22-13-15-23(16-14-22)39-6-2/h13-16,21,24-26,35H,5-12,17-20H2,1-4H3,(H,32,37)(H,33,36)/t21?,24-,25-,26?,30+,31?/m0/s1. The minimum atomic E-state index is -1.04. The summed E-state index contributed by atoms with van der Waals surface area (Å²) in [5.41, 5.74) is -1.27. The van der Waals surface area contributed by atoms with E-state index in [1.165, 1.54) is 0 Å². The van der Waals surface area contributed by atoms with Gasteiger partial charge in [-0.25, -0.2) is 0 Å². The Morgan fingerprint density at radius 3 is 2.48 bits per heavy atom. The highest BCUT2D eigenvalue weighted by Crippen LogP contribution is 2.65. The fourth-order valence-corrected chi connectivity index (χ4v) is 7.13. The Hall–Kier alpha value is -2.65. The Bertz CT molecular complexity index is 1050. The fraction of sp³-hybridized carbons (Fsp3) is 0.710. The van der Waals surface area contributed by atoms with Gasteiger partial charge in [0.15, 0.2) is 0 Å². The molecule has 3 unspecified atom stereocenters. The van der Waals surface area contributed by atoms with Crippen LogP contribution in [-0.2, 0) is 19.1 Å². The van der Waals surface area contributed by atoms with E-state index < -0.39 is 29.1 Å². The maximum atomic E-state index is 14.1. The second-order valence-corrected chi connectivity index (χ2v) is 11.8. The molecule has 4 rings (SSSR count). The van der Waals surface area contributed by atoms with Gasteiger partial charge < -0.3 is 30.1 Å². The van der Waals surface area contributed by atoms with Crippen molar-refractivity contribution >= 4 is 23.4 Å². The monoisotopic (exact) mass is 557 g/mol. The quantitative estimate of drug-likeness (QED) is 0.282. The third-order valence-electron chi connectivity index (χ3n) is 9.16. The lowest BCUT2D eigenvalue weighted by molar-refractivity contribution is -0.146. The van der Waals surface area contributed by atoms with Gasteiger partial charge in [-0.15, -0.1) is 0 Å². The van der Waals surface area contributed by atoms with Crippen molar-refractivity contribution in [2.75, 3.05) is 31.6 Å². The van der Waals surface area contributed by atoms with Gasteiger partial charge in [0.05, 0.1) is 24.0 Å². The van der Waals surface area contributed by atoms with Crippen LogP contribution < -0.4 is 15.4 Å². The van der Waals surface area contributed by atoms with Crippen molar-refractivity contribution in [1.82, 2.24) is 10.2 Å². The highest BCUT2D eigenvalue weighted by Gasteiger charge is 2.79. The number of carbonyl (C=O) groups excluding carboxylic acids is 3. The molecule has 9 nitrogen and oxygen atoms in total. The second-order valence-electron chi connectivity index (χ2n) is 11.8. The minimum absolute atomic E-state index is 0.00692. The molecule has 3 fully saturated rings. The van der Waals surface area contributed by atoms with Gasteiger partial charge in [-0.05, 0) is 69.7 Å². The van der Waals surface area contributed by atoms with E-state index >= 15 is 0 Å². The normalized spacial score (nSPS) is 30.4. The highest BCUT2D eigenvalue weighted by atomic mass is 16.5. The number of fused-ring (bicyclic) bond motifs is 1. The van der Waals surface area contributed by atoms with Crippen molar-refractivity contribution < 1.29 is 29.0 Å². The van der Waals surface area contributed by atoms with Crippen molar-refractivity contribution in [3.05, 3.63) is 24.3 Å². The molecule has 1 aromatic carbocycles. The lowest BCUT2D eigenvalue weighted by atomic mass is 9.62. The van der Waals surface area contributed by atoms with Crippen LogP contribution in [0.4, 0.5) is 5.69 Å². The third kappa shape index (κ3) is 5.59. The minimum Gasteiger partial charge on any atom is -0.494 e. The van der Waals surface area contributed by atoms with Gasteiger partial charge >= 0.3 is 0 Å². The Kier molecular flexibility index (Phi) is 9.77. The Balaban J connectivity index is 1.60. The van der Waals surface area contributed by atoms with E-state index in [4.69, 9.17) is 14.6 Å². The molecule has 6 atom stereocenters. The third-order valence-corrected chi connectivity index (χ3v) is 9.16. The van der Waals surface area contributed by atoms with E-state index in [0.29, 0.717) is 38.2 Å². The van der Waals surface area contributed by atoms with Gasteiger partial charge in [-0.1, -0.05) is 39.5 Å². The number of hydrogen-bond donors (Lipinski definition) is 3. The number of carbonyl (C=O) groups is 3. The van der Waals surface area contributed by atoms with E-state index in [-0.39, 0.29) is 30.2 Å². The summed E-state index contributed by atoms with van der Waals surface area (Å²) in [5, 5.41) is 15.2. The summed E-state index contributed by atoms with van der Waals surface area (Å²) >= 11 is 0. The predicted molar refractivity (Wildman–Crippen MR) is 153 cm³/mol. The van der Waals surface area contributed by atoms with Crippen LogP contribution in [0.3, 0.4) is 0 Å². The fourth-order valence-electron chi connectivity index (χ4n) is 7.13. The first-order chi connectivity index (χ1) is 19.2. The molecule has 3 saturated heterocycles. The molecular weight excluding hydrogens is 510 g/mol. The van der Waals surface area contributed by atoms with Crippen molar-refractivity contribution in [1.29, 1.82) is 0 Å². The first-order valence-corrected chi connectivity index (χ1v) is 15.2. The molecule has 40 heavy (non-hydrogen) atoms. The lowest BCUT2D eigenvalue weighted by Crippen LogP contribution is -2.55. The largest absolute Gasteiger partial charge is 0.494 e. The molecule has 3 heterocycles. The zero-order valence-corrected chi connectivity index (χ0v) is 24.5. The summed E-state index contributed by atoms with van der Waals surface area (Å²) in [7, 11) is 0. The van der Waals surface area contributed by atoms with Crippen LogP contribution in [0.2, 0.25) is 0 Å². The van der Waals surface area contributed by atoms with Crippen LogP contribution in [0.5, 0.6) is 5.75 Å². The van der Waals surface area contributed by atoms with Crippen molar-refractivity contribution in [2.45, 2.75) is 96.3 Å². The number of ether oxygens (including phenoxy) is 2. The maximum absolute atomic E-state index is 14.1. The number of aliphatic hydroxyl groups is 1. The van der Waals surface area contributed by atoms with Crippen LogP contribution in [0.1, 0.15) is 79.1 Å². The average Bonchev–Trinajstić information content (AvgIpc) is 3.44. The van der Waals surface area contributed by atoms with E-state index in [1.54, 1.807) is 29.2 Å². The molecule has 1 aromatic rings. The van der Waals surface area contributed by atoms with Gasteiger partial charge in [0.2, 0.25) is 17.7 Å². The topological polar surface area (TPSA) is 117 Å². The number of nitrogens with one attached hydrogen (secondary N) is 2. The first-order valence-electron chi connectivity index (χ1n) is 15.2. The SMILES string of the molecule is CCCCCNC(=O)C1N(CCCCCCO)C(=O)[C@@H]2[C@@H](C(=O)Nc3ccc(OCC)cc3)[C@]3(C)OC12CC3C. The van der Waals surface area contributed by atoms with Gasteiger partial charge in [0.25, 0.3) is 0 Å². The summed E-state index contributed by atoms with van der Waals surface area (Å²) in [4.78, 5) is 43.5. The van der Waals surface area contributed by atoms with Gasteiger partial charge in [-0.3, -0.25) is 14.4 Å². The lowest BCUT2D eigenvalue weighted by Gasteiger charge is -2.36. The molecule has 0 radical (unpaired) electrons. The van der Waals surface area contributed by atoms with Crippen LogP contribution >= 0.6 is 0 Å². The number of aliphatic hydroxyl groups excluding tert-OH is 1.